The van der Waals surface area contributed by atoms with Gasteiger partial charge in [0.05, 0.1) is 12.5 Å². The monoisotopic (exact) mass is 205 g/mol. The molecule has 1 aliphatic rings. The highest BCUT2D eigenvalue weighted by atomic mass is 16.5. The lowest BCUT2D eigenvalue weighted by atomic mass is 10.1. The summed E-state index contributed by atoms with van der Waals surface area (Å²) in [5, 5.41) is 3.31. The zero-order valence-electron chi connectivity index (χ0n) is 8.61. The van der Waals surface area contributed by atoms with Crippen LogP contribution >= 0.6 is 0 Å². The Morgan fingerprint density at radius 2 is 2.13 bits per heavy atom. The molecule has 15 heavy (non-hydrogen) atoms. The standard InChI is InChI=1S/C12H15NO2/c14-12-8-11(9-15-12)13-7-6-10-4-2-1-3-5-10/h1-5,11,13H,6-9H2. The fraction of sp³-hybridized carbons (Fsp3) is 0.417. The first kappa shape index (κ1) is 10.2. The third-order valence-corrected chi connectivity index (χ3v) is 2.55. The summed E-state index contributed by atoms with van der Waals surface area (Å²) in [6.07, 6.45) is 1.50. The zero-order valence-corrected chi connectivity index (χ0v) is 8.61. The van der Waals surface area contributed by atoms with Gasteiger partial charge in [0, 0.05) is 0 Å². The molecule has 1 heterocycles. The van der Waals surface area contributed by atoms with E-state index in [0.29, 0.717) is 13.0 Å². The molecule has 3 heteroatoms. The maximum atomic E-state index is 10.8. The largest absolute Gasteiger partial charge is 0.464 e. The molecular formula is C12H15NO2. The molecule has 0 saturated carbocycles. The van der Waals surface area contributed by atoms with Crippen LogP contribution in [0.1, 0.15) is 12.0 Å². The molecule has 2 rings (SSSR count). The van der Waals surface area contributed by atoms with Gasteiger partial charge >= 0.3 is 5.97 Å². The molecule has 1 aromatic rings. The molecule has 3 nitrogen and oxygen atoms in total. The molecule has 1 atom stereocenters. The zero-order chi connectivity index (χ0) is 10.5. The number of hydrogen-bond donors (Lipinski definition) is 1. The summed E-state index contributed by atoms with van der Waals surface area (Å²) >= 11 is 0. The molecule has 1 N–H and O–H groups in total. The van der Waals surface area contributed by atoms with Gasteiger partial charge in [-0.3, -0.25) is 4.79 Å². The van der Waals surface area contributed by atoms with Crippen LogP contribution in [0.5, 0.6) is 0 Å². The number of carbonyl (C=O) groups excluding carboxylic acids is 1. The molecule has 0 amide bonds. The summed E-state index contributed by atoms with van der Waals surface area (Å²) < 4.78 is 4.87. The van der Waals surface area contributed by atoms with Crippen molar-refractivity contribution in [3.63, 3.8) is 0 Å². The summed E-state index contributed by atoms with van der Waals surface area (Å²) in [6, 6.07) is 10.5. The number of nitrogens with one attached hydrogen (secondary N) is 1. The van der Waals surface area contributed by atoms with Crippen LogP contribution in [0.15, 0.2) is 30.3 Å². The summed E-state index contributed by atoms with van der Waals surface area (Å²) in [4.78, 5) is 10.8. The van der Waals surface area contributed by atoms with Gasteiger partial charge in [-0.1, -0.05) is 30.3 Å². The lowest BCUT2D eigenvalue weighted by molar-refractivity contribution is -0.137. The molecule has 0 spiro atoms. The van der Waals surface area contributed by atoms with Gasteiger partial charge < -0.3 is 10.1 Å². The van der Waals surface area contributed by atoms with Crippen LogP contribution in [-0.2, 0) is 16.0 Å². The molecule has 0 radical (unpaired) electrons. The first-order chi connectivity index (χ1) is 7.34. The quantitative estimate of drug-likeness (QED) is 0.749. The molecule has 1 unspecified atom stereocenters. The van der Waals surface area contributed by atoms with Crippen molar-refractivity contribution >= 4 is 5.97 Å². The minimum atomic E-state index is -0.0905. The van der Waals surface area contributed by atoms with Crippen molar-refractivity contribution in [3.8, 4) is 0 Å². The number of rotatable bonds is 4. The number of esters is 1. The Morgan fingerprint density at radius 1 is 1.33 bits per heavy atom. The second-order valence-electron chi connectivity index (χ2n) is 3.77. The van der Waals surface area contributed by atoms with Crippen LogP contribution in [0.25, 0.3) is 0 Å². The van der Waals surface area contributed by atoms with Gasteiger partial charge in [-0.05, 0) is 18.5 Å². The number of benzene rings is 1. The van der Waals surface area contributed by atoms with Gasteiger partial charge in [-0.15, -0.1) is 0 Å². The van der Waals surface area contributed by atoms with Crippen LogP contribution in [-0.4, -0.2) is 25.2 Å². The van der Waals surface area contributed by atoms with Gasteiger partial charge in [0.1, 0.15) is 6.61 Å². The van der Waals surface area contributed by atoms with Gasteiger partial charge in [-0.2, -0.15) is 0 Å². The van der Waals surface area contributed by atoms with Gasteiger partial charge in [0.15, 0.2) is 0 Å². The predicted octanol–water partition coefficient (Wildman–Crippen LogP) is 1.13. The fourth-order valence-electron chi connectivity index (χ4n) is 1.71. The normalized spacial score (nSPS) is 20.3. The summed E-state index contributed by atoms with van der Waals surface area (Å²) in [6.45, 7) is 1.42. The molecule has 0 aliphatic carbocycles. The van der Waals surface area contributed by atoms with Crippen molar-refractivity contribution in [2.45, 2.75) is 18.9 Å². The predicted molar refractivity (Wildman–Crippen MR) is 57.5 cm³/mol. The number of hydrogen-bond acceptors (Lipinski definition) is 3. The van der Waals surface area contributed by atoms with E-state index in [1.54, 1.807) is 0 Å². The number of carbonyl (C=O) groups is 1. The Labute approximate surface area is 89.4 Å². The van der Waals surface area contributed by atoms with E-state index in [1.165, 1.54) is 5.56 Å². The lowest BCUT2D eigenvalue weighted by Crippen LogP contribution is -2.31. The van der Waals surface area contributed by atoms with Crippen molar-refractivity contribution in [2.75, 3.05) is 13.2 Å². The van der Waals surface area contributed by atoms with Gasteiger partial charge in [0.25, 0.3) is 0 Å². The SMILES string of the molecule is O=C1CC(NCCc2ccccc2)CO1. The van der Waals surface area contributed by atoms with E-state index >= 15 is 0 Å². The van der Waals surface area contributed by atoms with E-state index in [0.717, 1.165) is 13.0 Å². The molecular weight excluding hydrogens is 190 g/mol. The van der Waals surface area contributed by atoms with Crippen molar-refractivity contribution in [1.82, 2.24) is 5.32 Å². The van der Waals surface area contributed by atoms with E-state index in [4.69, 9.17) is 4.74 Å². The lowest BCUT2D eigenvalue weighted by Gasteiger charge is -2.08. The van der Waals surface area contributed by atoms with Crippen LogP contribution < -0.4 is 5.32 Å². The second kappa shape index (κ2) is 4.94. The van der Waals surface area contributed by atoms with Crippen LogP contribution in [0.2, 0.25) is 0 Å². The average Bonchev–Trinajstić information content (AvgIpc) is 2.66. The third-order valence-electron chi connectivity index (χ3n) is 2.55. The smallest absolute Gasteiger partial charge is 0.307 e. The summed E-state index contributed by atoms with van der Waals surface area (Å²) in [7, 11) is 0. The topological polar surface area (TPSA) is 38.3 Å². The molecule has 80 valence electrons. The molecule has 0 aromatic heterocycles. The van der Waals surface area contributed by atoms with Crippen LogP contribution in [0.4, 0.5) is 0 Å². The Morgan fingerprint density at radius 3 is 2.80 bits per heavy atom. The highest BCUT2D eigenvalue weighted by Crippen LogP contribution is 2.05. The van der Waals surface area contributed by atoms with Crippen molar-refractivity contribution < 1.29 is 9.53 Å². The Balaban J connectivity index is 1.69. The molecule has 1 saturated heterocycles. The van der Waals surface area contributed by atoms with Gasteiger partial charge in [0.2, 0.25) is 0 Å². The maximum absolute atomic E-state index is 10.8. The summed E-state index contributed by atoms with van der Waals surface area (Å²) in [5.41, 5.74) is 1.32. The number of cyclic esters (lactones) is 1. The third kappa shape index (κ3) is 3.06. The van der Waals surface area contributed by atoms with Crippen LogP contribution in [0, 0.1) is 0 Å². The van der Waals surface area contributed by atoms with E-state index in [2.05, 4.69) is 17.4 Å². The van der Waals surface area contributed by atoms with Crippen molar-refractivity contribution in [2.24, 2.45) is 0 Å². The van der Waals surface area contributed by atoms with Crippen LogP contribution in [0.3, 0.4) is 0 Å². The van der Waals surface area contributed by atoms with Gasteiger partial charge in [-0.25, -0.2) is 0 Å². The van der Waals surface area contributed by atoms with E-state index in [-0.39, 0.29) is 12.0 Å². The maximum Gasteiger partial charge on any atom is 0.307 e. The Hall–Kier alpha value is -1.35. The second-order valence-corrected chi connectivity index (χ2v) is 3.77. The summed E-state index contributed by atoms with van der Waals surface area (Å²) in [5.74, 6) is -0.0905. The van der Waals surface area contributed by atoms with Crippen molar-refractivity contribution in [3.05, 3.63) is 35.9 Å². The minimum absolute atomic E-state index is 0.0905. The van der Waals surface area contributed by atoms with E-state index < -0.39 is 0 Å². The fourth-order valence-corrected chi connectivity index (χ4v) is 1.71. The van der Waals surface area contributed by atoms with E-state index in [1.807, 2.05) is 18.2 Å². The molecule has 1 aromatic carbocycles. The molecule has 1 aliphatic heterocycles. The Bertz CT molecular complexity index is 324. The highest BCUT2D eigenvalue weighted by molar-refractivity contribution is 5.72. The molecule has 0 bridgehead atoms. The van der Waals surface area contributed by atoms with Crippen molar-refractivity contribution in [1.29, 1.82) is 0 Å². The van der Waals surface area contributed by atoms with E-state index in [9.17, 15) is 4.79 Å². The number of ether oxygens (including phenoxy) is 1. The Kier molecular flexibility index (Phi) is 3.35. The first-order valence-corrected chi connectivity index (χ1v) is 5.27. The average molecular weight is 205 g/mol. The molecule has 1 fully saturated rings. The highest BCUT2D eigenvalue weighted by Gasteiger charge is 2.22. The first-order valence-electron chi connectivity index (χ1n) is 5.27. The minimum Gasteiger partial charge on any atom is -0.464 e.